The summed E-state index contributed by atoms with van der Waals surface area (Å²) >= 11 is 0. The van der Waals surface area contributed by atoms with Gasteiger partial charge in [-0.3, -0.25) is 9.78 Å². The number of methoxy groups -OCH3 is 1. The minimum Gasteiger partial charge on any atom is -0.507 e. The number of pyridine rings is 1. The fourth-order valence-corrected chi connectivity index (χ4v) is 2.05. The number of rotatable bonds is 4. The lowest BCUT2D eigenvalue weighted by Crippen LogP contribution is -2.05. The second kappa shape index (κ2) is 6.37. The standard InChI is InChI=1S/C16H14N4O4/c1-9(21)18-10-3-5-13(17-8-10)15-19-16(24-20-15)12-7-11(23-2)4-6-14(12)22/h3-8,22H,1-2H3,(H,18,21). The summed E-state index contributed by atoms with van der Waals surface area (Å²) in [7, 11) is 1.52. The fourth-order valence-electron chi connectivity index (χ4n) is 2.05. The Kier molecular flexibility index (Phi) is 4.11. The van der Waals surface area contributed by atoms with E-state index < -0.39 is 0 Å². The summed E-state index contributed by atoms with van der Waals surface area (Å²) in [4.78, 5) is 19.4. The van der Waals surface area contributed by atoms with E-state index in [1.165, 1.54) is 26.3 Å². The number of nitrogens with zero attached hydrogens (tertiary/aromatic N) is 3. The van der Waals surface area contributed by atoms with E-state index in [1.807, 2.05) is 0 Å². The molecular formula is C16H14N4O4. The number of amides is 1. The van der Waals surface area contributed by atoms with Gasteiger partial charge >= 0.3 is 0 Å². The van der Waals surface area contributed by atoms with E-state index in [4.69, 9.17) is 9.26 Å². The summed E-state index contributed by atoms with van der Waals surface area (Å²) in [6.07, 6.45) is 1.50. The Hall–Kier alpha value is -3.42. The molecule has 1 amide bonds. The predicted octanol–water partition coefficient (Wildman–Crippen LogP) is 2.47. The Labute approximate surface area is 137 Å². The molecule has 0 bridgehead atoms. The molecule has 3 rings (SSSR count). The van der Waals surface area contributed by atoms with Gasteiger partial charge in [0, 0.05) is 6.92 Å². The highest BCUT2D eigenvalue weighted by atomic mass is 16.5. The van der Waals surface area contributed by atoms with Gasteiger partial charge in [0.05, 0.1) is 24.6 Å². The molecular weight excluding hydrogens is 312 g/mol. The molecule has 2 N–H and O–H groups in total. The van der Waals surface area contributed by atoms with E-state index in [1.54, 1.807) is 24.3 Å². The lowest BCUT2D eigenvalue weighted by atomic mass is 10.2. The highest BCUT2D eigenvalue weighted by Crippen LogP contribution is 2.32. The van der Waals surface area contributed by atoms with Crippen LogP contribution in [0.4, 0.5) is 5.69 Å². The van der Waals surface area contributed by atoms with Crippen LogP contribution in [0, 0.1) is 0 Å². The Morgan fingerprint density at radius 1 is 1.29 bits per heavy atom. The summed E-state index contributed by atoms with van der Waals surface area (Å²) in [6.45, 7) is 1.42. The third-order valence-corrected chi connectivity index (χ3v) is 3.17. The van der Waals surface area contributed by atoms with Crippen LogP contribution in [0.3, 0.4) is 0 Å². The maximum Gasteiger partial charge on any atom is 0.262 e. The van der Waals surface area contributed by atoms with Crippen molar-refractivity contribution in [3.05, 3.63) is 36.5 Å². The minimum atomic E-state index is -0.181. The maximum absolute atomic E-state index is 11.0. The van der Waals surface area contributed by atoms with E-state index >= 15 is 0 Å². The van der Waals surface area contributed by atoms with Gasteiger partial charge in [0.15, 0.2) is 0 Å². The highest BCUT2D eigenvalue weighted by molar-refractivity contribution is 5.88. The molecule has 0 atom stereocenters. The molecule has 0 saturated heterocycles. The van der Waals surface area contributed by atoms with Gasteiger partial charge in [-0.1, -0.05) is 5.16 Å². The molecule has 24 heavy (non-hydrogen) atoms. The van der Waals surface area contributed by atoms with Gasteiger partial charge in [-0.05, 0) is 30.3 Å². The van der Waals surface area contributed by atoms with Crippen LogP contribution in [0.25, 0.3) is 23.0 Å². The quantitative estimate of drug-likeness (QED) is 0.757. The molecule has 0 radical (unpaired) electrons. The number of phenolic OH excluding ortho intramolecular Hbond substituents is 1. The van der Waals surface area contributed by atoms with Crippen LogP contribution in [-0.4, -0.2) is 33.2 Å². The zero-order valence-electron chi connectivity index (χ0n) is 13.0. The number of carbonyl (C=O) groups excluding carboxylic acids is 1. The van der Waals surface area contributed by atoms with Gasteiger partial charge in [-0.2, -0.15) is 4.98 Å². The van der Waals surface area contributed by atoms with Crippen molar-refractivity contribution in [2.24, 2.45) is 0 Å². The first-order valence-corrected chi connectivity index (χ1v) is 7.02. The first-order chi connectivity index (χ1) is 11.6. The number of aromatic hydroxyl groups is 1. The number of aromatic nitrogens is 3. The molecule has 8 nitrogen and oxygen atoms in total. The van der Waals surface area contributed by atoms with Crippen molar-refractivity contribution in [1.29, 1.82) is 0 Å². The van der Waals surface area contributed by atoms with Crippen LogP contribution in [-0.2, 0) is 4.79 Å². The molecule has 2 aromatic heterocycles. The number of ether oxygens (including phenoxy) is 1. The molecule has 8 heteroatoms. The number of anilines is 1. The zero-order chi connectivity index (χ0) is 17.1. The molecule has 0 aliphatic carbocycles. The summed E-state index contributed by atoms with van der Waals surface area (Å²) in [5.41, 5.74) is 1.41. The first-order valence-electron chi connectivity index (χ1n) is 7.02. The molecule has 0 aliphatic heterocycles. The number of benzene rings is 1. The Balaban J connectivity index is 1.89. The minimum absolute atomic E-state index is 0.0000321. The third-order valence-electron chi connectivity index (χ3n) is 3.17. The molecule has 122 valence electrons. The second-order valence-corrected chi connectivity index (χ2v) is 4.92. The Morgan fingerprint density at radius 3 is 2.79 bits per heavy atom. The highest BCUT2D eigenvalue weighted by Gasteiger charge is 2.15. The summed E-state index contributed by atoms with van der Waals surface area (Å²) in [6, 6.07) is 8.05. The summed E-state index contributed by atoms with van der Waals surface area (Å²) in [5, 5.41) is 16.4. The first kappa shape index (κ1) is 15.5. The van der Waals surface area contributed by atoms with E-state index in [0.29, 0.717) is 22.7 Å². The van der Waals surface area contributed by atoms with Crippen molar-refractivity contribution < 1.29 is 19.2 Å². The van der Waals surface area contributed by atoms with Crippen LogP contribution < -0.4 is 10.1 Å². The molecule has 1 aromatic carbocycles. The van der Waals surface area contributed by atoms with Gasteiger partial charge in [-0.25, -0.2) is 0 Å². The maximum atomic E-state index is 11.0. The van der Waals surface area contributed by atoms with Gasteiger partial charge in [-0.15, -0.1) is 0 Å². The zero-order valence-corrected chi connectivity index (χ0v) is 13.0. The Morgan fingerprint density at radius 2 is 2.12 bits per heavy atom. The van der Waals surface area contributed by atoms with Gasteiger partial charge in [0.2, 0.25) is 11.7 Å². The molecule has 0 aliphatic rings. The van der Waals surface area contributed by atoms with Crippen molar-refractivity contribution >= 4 is 11.6 Å². The van der Waals surface area contributed by atoms with Crippen molar-refractivity contribution in [3.8, 4) is 34.5 Å². The van der Waals surface area contributed by atoms with E-state index in [9.17, 15) is 9.90 Å². The molecule has 2 heterocycles. The normalized spacial score (nSPS) is 10.4. The van der Waals surface area contributed by atoms with E-state index in [2.05, 4.69) is 20.4 Å². The van der Waals surface area contributed by atoms with Crippen LogP contribution in [0.5, 0.6) is 11.5 Å². The average Bonchev–Trinajstić information content (AvgIpc) is 3.05. The van der Waals surface area contributed by atoms with Crippen molar-refractivity contribution in [1.82, 2.24) is 15.1 Å². The van der Waals surface area contributed by atoms with Crippen LogP contribution >= 0.6 is 0 Å². The van der Waals surface area contributed by atoms with Gasteiger partial charge < -0.3 is 19.7 Å². The molecule has 0 spiro atoms. The number of nitrogens with one attached hydrogen (secondary N) is 1. The lowest BCUT2D eigenvalue weighted by Gasteiger charge is -2.03. The van der Waals surface area contributed by atoms with Crippen molar-refractivity contribution in [2.45, 2.75) is 6.92 Å². The molecule has 0 fully saturated rings. The number of hydrogen-bond acceptors (Lipinski definition) is 7. The Bertz CT molecular complexity index is 874. The lowest BCUT2D eigenvalue weighted by molar-refractivity contribution is -0.114. The number of carbonyl (C=O) groups is 1. The van der Waals surface area contributed by atoms with Gasteiger partial charge in [0.1, 0.15) is 17.2 Å². The van der Waals surface area contributed by atoms with E-state index in [-0.39, 0.29) is 23.4 Å². The molecule has 0 unspecified atom stereocenters. The average molecular weight is 326 g/mol. The third kappa shape index (κ3) is 3.17. The topological polar surface area (TPSA) is 110 Å². The number of hydrogen-bond donors (Lipinski definition) is 2. The van der Waals surface area contributed by atoms with Crippen LogP contribution in [0.2, 0.25) is 0 Å². The van der Waals surface area contributed by atoms with Crippen molar-refractivity contribution in [2.75, 3.05) is 12.4 Å². The monoisotopic (exact) mass is 326 g/mol. The van der Waals surface area contributed by atoms with E-state index in [0.717, 1.165) is 0 Å². The fraction of sp³-hybridized carbons (Fsp3) is 0.125. The number of phenols is 1. The smallest absolute Gasteiger partial charge is 0.262 e. The summed E-state index contributed by atoms with van der Waals surface area (Å²) in [5.74, 6) is 0.788. The largest absolute Gasteiger partial charge is 0.507 e. The van der Waals surface area contributed by atoms with Crippen LogP contribution in [0.15, 0.2) is 41.1 Å². The molecule has 3 aromatic rings. The SMILES string of the molecule is COc1ccc(O)c(-c2nc(-c3ccc(NC(C)=O)cn3)no2)c1. The van der Waals surface area contributed by atoms with Crippen LogP contribution in [0.1, 0.15) is 6.92 Å². The predicted molar refractivity (Wildman–Crippen MR) is 85.5 cm³/mol. The second-order valence-electron chi connectivity index (χ2n) is 4.92. The summed E-state index contributed by atoms with van der Waals surface area (Å²) < 4.78 is 10.3. The molecule has 0 saturated carbocycles. The van der Waals surface area contributed by atoms with Gasteiger partial charge in [0.25, 0.3) is 5.89 Å². The van der Waals surface area contributed by atoms with Crippen molar-refractivity contribution in [3.63, 3.8) is 0 Å².